The van der Waals surface area contributed by atoms with Crippen LogP contribution < -0.4 is 5.32 Å². The lowest BCUT2D eigenvalue weighted by Crippen LogP contribution is -2.49. The summed E-state index contributed by atoms with van der Waals surface area (Å²) in [4.78, 5) is 40.4. The number of fused-ring (bicyclic) bond motifs is 1. The third-order valence-corrected chi connectivity index (χ3v) is 7.26. The van der Waals surface area contributed by atoms with Gasteiger partial charge in [-0.3, -0.25) is 9.69 Å². The molecule has 2 aliphatic rings. The first-order valence-corrected chi connectivity index (χ1v) is 13.1. The van der Waals surface area contributed by atoms with Crippen molar-refractivity contribution in [1.29, 1.82) is 0 Å². The molecule has 202 valence electrons. The number of nitrogens with zero attached hydrogens (tertiary/aromatic N) is 1. The van der Waals surface area contributed by atoms with Crippen molar-refractivity contribution >= 4 is 34.6 Å². The summed E-state index contributed by atoms with van der Waals surface area (Å²) in [7, 11) is 1.74. The second-order valence-electron chi connectivity index (χ2n) is 10.9. The lowest BCUT2D eigenvalue weighted by atomic mass is 9.75. The van der Waals surface area contributed by atoms with Gasteiger partial charge in [0.05, 0.1) is 12.7 Å². The van der Waals surface area contributed by atoms with Gasteiger partial charge in [-0.2, -0.15) is 0 Å². The van der Waals surface area contributed by atoms with Crippen LogP contribution in [0.3, 0.4) is 0 Å². The molecule has 1 aliphatic carbocycles. The van der Waals surface area contributed by atoms with Crippen LogP contribution in [0.25, 0.3) is 11.0 Å². The molecule has 1 aromatic heterocycles. The molecule has 2 aromatic rings. The number of nitrogens with one attached hydrogen (secondary N) is 1. The van der Waals surface area contributed by atoms with Crippen molar-refractivity contribution < 1.29 is 33.0 Å². The number of methoxy groups -OCH3 is 1. The van der Waals surface area contributed by atoms with E-state index in [-0.39, 0.29) is 30.3 Å². The fourth-order valence-electron chi connectivity index (χ4n) is 5.56. The van der Waals surface area contributed by atoms with Crippen LogP contribution in [0.5, 0.6) is 0 Å². The van der Waals surface area contributed by atoms with Crippen molar-refractivity contribution in [3.63, 3.8) is 0 Å². The molecule has 1 aromatic carbocycles. The molecule has 0 spiro atoms. The second kappa shape index (κ2) is 11.1. The molecule has 2 amide bonds. The second-order valence-corrected chi connectivity index (χ2v) is 10.9. The quantitative estimate of drug-likeness (QED) is 0.516. The smallest absolute Gasteiger partial charge is 0.410 e. The summed E-state index contributed by atoms with van der Waals surface area (Å²) in [5, 5.41) is 3.68. The number of ether oxygens (including phenoxy) is 3. The van der Waals surface area contributed by atoms with E-state index in [1.807, 2.05) is 20.8 Å². The number of carbonyl (C=O) groups excluding carboxylic acids is 3. The number of hydrogen-bond acceptors (Lipinski definition) is 7. The van der Waals surface area contributed by atoms with Crippen LogP contribution in [0.2, 0.25) is 0 Å². The molecule has 1 saturated carbocycles. The predicted molar refractivity (Wildman–Crippen MR) is 138 cm³/mol. The van der Waals surface area contributed by atoms with E-state index in [4.69, 9.17) is 18.6 Å². The Bertz CT molecular complexity index is 1130. The highest BCUT2D eigenvalue weighted by Gasteiger charge is 2.47. The van der Waals surface area contributed by atoms with Gasteiger partial charge in [-0.05, 0) is 95.9 Å². The topological polar surface area (TPSA) is 107 Å². The molecular formula is C28H38N2O7. The van der Waals surface area contributed by atoms with E-state index in [9.17, 15) is 14.4 Å². The van der Waals surface area contributed by atoms with Crippen LogP contribution in [0, 0.1) is 11.8 Å². The number of likely N-dealkylation sites (tertiary alicyclic amines) is 1. The minimum absolute atomic E-state index is 0.0402. The number of amides is 2. The van der Waals surface area contributed by atoms with Crippen molar-refractivity contribution in [3.05, 3.63) is 30.0 Å². The summed E-state index contributed by atoms with van der Waals surface area (Å²) < 4.78 is 21.8. The van der Waals surface area contributed by atoms with E-state index in [0.29, 0.717) is 29.1 Å². The van der Waals surface area contributed by atoms with Gasteiger partial charge in [0.2, 0.25) is 11.7 Å². The minimum atomic E-state index is -0.657. The van der Waals surface area contributed by atoms with Gasteiger partial charge < -0.3 is 23.9 Å². The third-order valence-electron chi connectivity index (χ3n) is 7.26. The summed E-state index contributed by atoms with van der Waals surface area (Å²) in [6.07, 6.45) is 4.39. The normalized spacial score (nSPS) is 24.2. The zero-order valence-electron chi connectivity index (χ0n) is 22.4. The average Bonchev–Trinajstić information content (AvgIpc) is 3.48. The highest BCUT2D eigenvalue weighted by molar-refractivity contribution is 5.99. The number of rotatable bonds is 6. The van der Waals surface area contributed by atoms with E-state index in [1.165, 1.54) is 0 Å². The van der Waals surface area contributed by atoms with Gasteiger partial charge in [-0.15, -0.1) is 0 Å². The van der Waals surface area contributed by atoms with Gasteiger partial charge in [0.25, 0.3) is 0 Å². The molecular weight excluding hydrogens is 476 g/mol. The maximum atomic E-state index is 13.7. The summed E-state index contributed by atoms with van der Waals surface area (Å²) in [5.74, 6) is -0.291. The monoisotopic (exact) mass is 514 g/mol. The predicted octanol–water partition coefficient (Wildman–Crippen LogP) is 5.38. The standard InChI is InChI=1S/C28H38N2O7/c1-6-35-26(32)23-16-18-15-19(9-12-22(18)36-23)29-25(31)24-21(17-7-10-20(34-5)11-8-17)13-14-30(24)27(33)37-28(2,3)4/h9,12,15-17,20-21,24H,6-8,10-11,13-14H2,1-5H3,(H,29,31)/t17?,20?,21-,24-/m1/s1. The van der Waals surface area contributed by atoms with Gasteiger partial charge in [0.1, 0.15) is 17.2 Å². The highest BCUT2D eigenvalue weighted by Crippen LogP contribution is 2.40. The van der Waals surface area contributed by atoms with Crippen LogP contribution in [0.1, 0.15) is 70.4 Å². The van der Waals surface area contributed by atoms with Crippen molar-refractivity contribution in [2.45, 2.75) is 77.5 Å². The van der Waals surface area contributed by atoms with Gasteiger partial charge >= 0.3 is 12.1 Å². The van der Waals surface area contributed by atoms with Crippen molar-refractivity contribution in [1.82, 2.24) is 4.90 Å². The lowest BCUT2D eigenvalue weighted by Gasteiger charge is -2.35. The Morgan fingerprint density at radius 2 is 1.81 bits per heavy atom. The molecule has 0 radical (unpaired) electrons. The first kappa shape index (κ1) is 27.0. The van der Waals surface area contributed by atoms with E-state index in [1.54, 1.807) is 43.2 Å². The molecule has 1 N–H and O–H groups in total. The summed E-state index contributed by atoms with van der Waals surface area (Å²) >= 11 is 0. The minimum Gasteiger partial charge on any atom is -0.460 e. The van der Waals surface area contributed by atoms with Crippen molar-refractivity contribution in [2.24, 2.45) is 11.8 Å². The van der Waals surface area contributed by atoms with Crippen molar-refractivity contribution in [2.75, 3.05) is 25.6 Å². The molecule has 2 fully saturated rings. The molecule has 9 heteroatoms. The SMILES string of the molecule is CCOC(=O)c1cc2cc(NC(=O)[C@H]3[C@@H](C4CCC(OC)CC4)CCN3C(=O)OC(C)(C)C)ccc2o1. The Morgan fingerprint density at radius 1 is 1.08 bits per heavy atom. The van der Waals surface area contributed by atoms with E-state index in [0.717, 1.165) is 32.1 Å². The fourth-order valence-corrected chi connectivity index (χ4v) is 5.56. The molecule has 1 saturated heterocycles. The van der Waals surface area contributed by atoms with E-state index < -0.39 is 23.7 Å². The largest absolute Gasteiger partial charge is 0.460 e. The first-order valence-electron chi connectivity index (χ1n) is 13.1. The number of anilines is 1. The van der Waals surface area contributed by atoms with Gasteiger partial charge in [-0.1, -0.05) is 0 Å². The van der Waals surface area contributed by atoms with Gasteiger partial charge in [0.15, 0.2) is 0 Å². The number of carbonyl (C=O) groups is 3. The van der Waals surface area contributed by atoms with Gasteiger partial charge in [-0.25, -0.2) is 9.59 Å². The van der Waals surface area contributed by atoms with Crippen LogP contribution in [-0.4, -0.2) is 60.9 Å². The van der Waals surface area contributed by atoms with Crippen molar-refractivity contribution in [3.8, 4) is 0 Å². The first-order chi connectivity index (χ1) is 17.6. The van der Waals surface area contributed by atoms with Crippen LogP contribution in [0.4, 0.5) is 10.5 Å². The Balaban J connectivity index is 1.55. The molecule has 0 unspecified atom stereocenters. The fraction of sp³-hybridized carbons (Fsp3) is 0.607. The third kappa shape index (κ3) is 6.26. The van der Waals surface area contributed by atoms with Crippen LogP contribution in [0.15, 0.2) is 28.7 Å². The maximum Gasteiger partial charge on any atom is 0.410 e. The molecule has 2 atom stereocenters. The number of esters is 1. The molecule has 4 rings (SSSR count). The van der Waals surface area contributed by atoms with Crippen LogP contribution in [-0.2, 0) is 19.0 Å². The zero-order chi connectivity index (χ0) is 26.7. The highest BCUT2D eigenvalue weighted by atomic mass is 16.6. The summed E-state index contributed by atoms with van der Waals surface area (Å²) in [6.45, 7) is 7.93. The summed E-state index contributed by atoms with van der Waals surface area (Å²) in [5.41, 5.74) is 0.423. The molecule has 9 nitrogen and oxygen atoms in total. The zero-order valence-corrected chi connectivity index (χ0v) is 22.4. The Morgan fingerprint density at radius 3 is 2.46 bits per heavy atom. The molecule has 1 aliphatic heterocycles. The molecule has 37 heavy (non-hydrogen) atoms. The molecule has 0 bridgehead atoms. The number of hydrogen-bond donors (Lipinski definition) is 1. The Hall–Kier alpha value is -3.07. The number of benzene rings is 1. The molecule has 2 heterocycles. The number of furan rings is 1. The van der Waals surface area contributed by atoms with Crippen LogP contribution >= 0.6 is 0 Å². The Labute approximate surface area is 217 Å². The Kier molecular flexibility index (Phi) is 8.11. The van der Waals surface area contributed by atoms with E-state index >= 15 is 0 Å². The average molecular weight is 515 g/mol. The summed E-state index contributed by atoms with van der Waals surface area (Å²) in [6, 6.07) is 6.16. The van der Waals surface area contributed by atoms with Gasteiger partial charge in [0, 0.05) is 24.7 Å². The van der Waals surface area contributed by atoms with E-state index in [2.05, 4.69) is 5.32 Å². The maximum absolute atomic E-state index is 13.7. The lowest BCUT2D eigenvalue weighted by molar-refractivity contribution is -0.122.